The molecule has 0 aliphatic rings. The van der Waals surface area contributed by atoms with Crippen molar-refractivity contribution in [3.8, 4) is 6.07 Å². The van der Waals surface area contributed by atoms with E-state index in [1.165, 1.54) is 25.1 Å². The van der Waals surface area contributed by atoms with Gasteiger partial charge in [-0.2, -0.15) is 18.4 Å². The van der Waals surface area contributed by atoms with E-state index >= 15 is 0 Å². The number of halogens is 3. The Morgan fingerprint density at radius 1 is 1.48 bits per heavy atom. The van der Waals surface area contributed by atoms with Gasteiger partial charge in [0, 0.05) is 20.6 Å². The molecule has 0 saturated heterocycles. The smallest absolute Gasteiger partial charge is 0.373 e. The van der Waals surface area contributed by atoms with Crippen molar-refractivity contribution < 1.29 is 18.0 Å². The van der Waals surface area contributed by atoms with Gasteiger partial charge < -0.3 is 10.2 Å². The quantitative estimate of drug-likeness (QED) is 0.929. The van der Waals surface area contributed by atoms with Crippen LogP contribution in [0.1, 0.15) is 18.1 Å². The second-order valence-corrected chi connectivity index (χ2v) is 4.74. The van der Waals surface area contributed by atoms with Crippen LogP contribution in [0.4, 0.5) is 18.9 Å². The monoisotopic (exact) mass is 299 g/mol. The normalized spacial score (nSPS) is 12.4. The van der Waals surface area contributed by atoms with Crippen molar-refractivity contribution in [2.24, 2.45) is 5.92 Å². The highest BCUT2D eigenvalue weighted by molar-refractivity contribution is 5.78. The molecule has 1 unspecified atom stereocenters. The van der Waals surface area contributed by atoms with Crippen LogP contribution in [0.5, 0.6) is 0 Å². The lowest BCUT2D eigenvalue weighted by atomic mass is 10.1. The van der Waals surface area contributed by atoms with Crippen LogP contribution in [0, 0.1) is 17.2 Å². The molecule has 1 amide bonds. The summed E-state index contributed by atoms with van der Waals surface area (Å²) >= 11 is 0. The zero-order valence-corrected chi connectivity index (χ0v) is 12.0. The average molecular weight is 299 g/mol. The van der Waals surface area contributed by atoms with Crippen LogP contribution in [0.3, 0.4) is 0 Å². The molecule has 0 saturated carbocycles. The van der Waals surface area contributed by atoms with E-state index in [0.717, 1.165) is 12.1 Å². The Hall–Kier alpha value is -2.23. The predicted molar refractivity (Wildman–Crippen MR) is 72.7 cm³/mol. The van der Waals surface area contributed by atoms with Crippen LogP contribution in [0.2, 0.25) is 0 Å². The highest BCUT2D eigenvalue weighted by Crippen LogP contribution is 2.37. The molecule has 1 rings (SSSR count). The first kappa shape index (κ1) is 16.8. The Balaban J connectivity index is 3.15. The van der Waals surface area contributed by atoms with Gasteiger partial charge in [-0.05, 0) is 18.2 Å². The van der Waals surface area contributed by atoms with Gasteiger partial charge in [0.15, 0.2) is 0 Å². The maximum atomic E-state index is 13.0. The van der Waals surface area contributed by atoms with Gasteiger partial charge >= 0.3 is 6.18 Å². The number of alkyl halides is 3. The minimum Gasteiger partial charge on any atom is -0.373 e. The first-order chi connectivity index (χ1) is 9.70. The fraction of sp³-hybridized carbons (Fsp3) is 0.429. The highest BCUT2D eigenvalue weighted by Gasteiger charge is 2.34. The molecule has 7 heteroatoms. The number of anilines is 1. The lowest BCUT2D eigenvalue weighted by molar-refractivity contribution is -0.137. The number of carbonyl (C=O) groups excluding carboxylic acids is 1. The van der Waals surface area contributed by atoms with E-state index < -0.39 is 17.7 Å². The number of hydrogen-bond acceptors (Lipinski definition) is 3. The van der Waals surface area contributed by atoms with Gasteiger partial charge in [0.05, 0.1) is 28.8 Å². The molecular formula is C14H16F3N3O. The van der Waals surface area contributed by atoms with Gasteiger partial charge in [-0.1, -0.05) is 6.92 Å². The van der Waals surface area contributed by atoms with Gasteiger partial charge in [0.25, 0.3) is 0 Å². The third kappa shape index (κ3) is 4.12. The van der Waals surface area contributed by atoms with Crippen LogP contribution in [-0.4, -0.2) is 26.5 Å². The Morgan fingerprint density at radius 2 is 2.10 bits per heavy atom. The summed E-state index contributed by atoms with van der Waals surface area (Å²) in [5.41, 5.74) is -0.803. The number of nitrogens with zero attached hydrogens (tertiary/aromatic N) is 2. The Bertz CT molecular complexity index is 564. The van der Waals surface area contributed by atoms with Crippen molar-refractivity contribution in [3.63, 3.8) is 0 Å². The highest BCUT2D eigenvalue weighted by atomic mass is 19.4. The lowest BCUT2D eigenvalue weighted by Crippen LogP contribution is -2.35. The molecule has 1 aromatic carbocycles. The standard InChI is InChI=1S/C14H16F3N3O/c1-9(13(21)19-2)8-20(3)12-6-10(7-18)4-5-11(12)14(15,16)17/h4-6,9H,8H2,1-3H3,(H,19,21). The summed E-state index contributed by atoms with van der Waals surface area (Å²) in [7, 11) is 2.93. The first-order valence-corrected chi connectivity index (χ1v) is 6.24. The summed E-state index contributed by atoms with van der Waals surface area (Å²) in [4.78, 5) is 12.8. The molecule has 0 spiro atoms. The molecule has 0 aliphatic carbocycles. The molecule has 1 atom stereocenters. The van der Waals surface area contributed by atoms with Gasteiger partial charge in [0.2, 0.25) is 5.91 Å². The van der Waals surface area contributed by atoms with Crippen LogP contribution in [0.15, 0.2) is 18.2 Å². The largest absolute Gasteiger partial charge is 0.418 e. The van der Waals surface area contributed by atoms with Crippen LogP contribution >= 0.6 is 0 Å². The van der Waals surface area contributed by atoms with Crippen molar-refractivity contribution in [1.82, 2.24) is 5.32 Å². The van der Waals surface area contributed by atoms with E-state index in [2.05, 4.69) is 5.32 Å². The summed E-state index contributed by atoms with van der Waals surface area (Å²) in [6, 6.07) is 5.01. The van der Waals surface area contributed by atoms with Crippen molar-refractivity contribution in [2.75, 3.05) is 25.5 Å². The number of rotatable bonds is 4. The number of hydrogen-bond donors (Lipinski definition) is 1. The maximum Gasteiger partial charge on any atom is 0.418 e. The minimum absolute atomic E-state index is 0.109. The van der Waals surface area contributed by atoms with Gasteiger partial charge in [-0.15, -0.1) is 0 Å². The van der Waals surface area contributed by atoms with Crippen molar-refractivity contribution in [1.29, 1.82) is 5.26 Å². The summed E-state index contributed by atoms with van der Waals surface area (Å²) in [5.74, 6) is -0.737. The van der Waals surface area contributed by atoms with E-state index in [1.807, 2.05) is 6.07 Å². The third-order valence-electron chi connectivity index (χ3n) is 3.09. The van der Waals surface area contributed by atoms with Crippen LogP contribution < -0.4 is 10.2 Å². The first-order valence-electron chi connectivity index (χ1n) is 6.24. The predicted octanol–water partition coefficient (Wildman–Crippen LogP) is 2.40. The zero-order chi connectivity index (χ0) is 16.2. The lowest BCUT2D eigenvalue weighted by Gasteiger charge is -2.26. The third-order valence-corrected chi connectivity index (χ3v) is 3.09. The number of carbonyl (C=O) groups is 1. The fourth-order valence-electron chi connectivity index (χ4n) is 2.00. The molecule has 0 radical (unpaired) electrons. The van der Waals surface area contributed by atoms with Gasteiger partial charge in [-0.3, -0.25) is 4.79 Å². The fourth-order valence-corrected chi connectivity index (χ4v) is 2.00. The summed E-state index contributed by atoms with van der Waals surface area (Å²) in [5, 5.41) is 11.3. The van der Waals surface area contributed by atoms with Crippen LogP contribution in [0.25, 0.3) is 0 Å². The maximum absolute atomic E-state index is 13.0. The SMILES string of the molecule is CNC(=O)C(C)CN(C)c1cc(C#N)ccc1C(F)(F)F. The van der Waals surface area contributed by atoms with E-state index in [9.17, 15) is 18.0 Å². The topological polar surface area (TPSA) is 56.1 Å². The van der Waals surface area contributed by atoms with Crippen molar-refractivity contribution >= 4 is 11.6 Å². The minimum atomic E-state index is -4.52. The number of nitrogens with one attached hydrogen (secondary N) is 1. The Labute approximate surface area is 121 Å². The molecule has 114 valence electrons. The van der Waals surface area contributed by atoms with Crippen molar-refractivity contribution in [3.05, 3.63) is 29.3 Å². The average Bonchev–Trinajstić information content (AvgIpc) is 2.44. The number of amides is 1. The van der Waals surface area contributed by atoms with Gasteiger partial charge in [-0.25, -0.2) is 0 Å². The van der Waals surface area contributed by atoms with E-state index in [1.54, 1.807) is 6.92 Å². The second kappa shape index (κ2) is 6.48. The second-order valence-electron chi connectivity index (χ2n) is 4.74. The summed E-state index contributed by atoms with van der Waals surface area (Å²) in [6.45, 7) is 1.73. The Kier molecular flexibility index (Phi) is 5.19. The molecule has 0 fully saturated rings. The molecule has 0 aliphatic heterocycles. The van der Waals surface area contributed by atoms with Crippen molar-refractivity contribution in [2.45, 2.75) is 13.1 Å². The molecular weight excluding hydrogens is 283 g/mol. The summed E-state index contributed by atoms with van der Waals surface area (Å²) < 4.78 is 39.1. The zero-order valence-electron chi connectivity index (χ0n) is 12.0. The molecule has 0 heterocycles. The van der Waals surface area contributed by atoms with Crippen LogP contribution in [-0.2, 0) is 11.0 Å². The molecule has 21 heavy (non-hydrogen) atoms. The molecule has 4 nitrogen and oxygen atoms in total. The summed E-state index contributed by atoms with van der Waals surface area (Å²) in [6.07, 6.45) is -4.52. The molecule has 0 bridgehead atoms. The van der Waals surface area contributed by atoms with Gasteiger partial charge in [0.1, 0.15) is 0 Å². The Morgan fingerprint density at radius 3 is 2.57 bits per heavy atom. The molecule has 0 aromatic heterocycles. The molecule has 1 N–H and O–H groups in total. The van der Waals surface area contributed by atoms with E-state index in [-0.39, 0.29) is 23.7 Å². The van der Waals surface area contributed by atoms with E-state index in [0.29, 0.717) is 0 Å². The van der Waals surface area contributed by atoms with E-state index in [4.69, 9.17) is 5.26 Å². The number of benzene rings is 1. The molecule has 1 aromatic rings. The number of nitriles is 1.